The zero-order valence-corrected chi connectivity index (χ0v) is 9.97. The predicted octanol–water partition coefficient (Wildman–Crippen LogP) is -1.10. The molecule has 0 unspecified atom stereocenters. The van der Waals surface area contributed by atoms with Crippen LogP contribution in [0.2, 0.25) is 0 Å². The standard InChI is InChI=1S/6O.Sr.W/q6*-2;+2;. The molecule has 0 aromatic carbocycles. The van der Waals surface area contributed by atoms with E-state index in [9.17, 15) is 0 Å². The molecule has 0 saturated heterocycles. The molecule has 0 spiro atoms. The Morgan fingerprint density at radius 3 is 0.375 bits per heavy atom. The van der Waals surface area contributed by atoms with Gasteiger partial charge in [0.15, 0.2) is 0 Å². The van der Waals surface area contributed by atoms with E-state index in [0.29, 0.717) is 0 Å². The minimum atomic E-state index is 0. The molecule has 0 N–H and O–H groups in total. The van der Waals surface area contributed by atoms with E-state index >= 15 is 0 Å². The van der Waals surface area contributed by atoms with Gasteiger partial charge in [-0.2, -0.15) is 0 Å². The molecule has 0 aliphatic heterocycles. The molecular weight excluding hydrogens is 367 g/mol. The van der Waals surface area contributed by atoms with Crippen LogP contribution >= 0.6 is 0 Å². The molecule has 0 radical (unpaired) electrons. The van der Waals surface area contributed by atoms with Crippen molar-refractivity contribution in [3.05, 3.63) is 0 Å². The maximum atomic E-state index is 0. The second-order valence-electron chi connectivity index (χ2n) is 0. The fraction of sp³-hybridized carbons (Fsp3) is 0. The second-order valence-corrected chi connectivity index (χ2v) is 0. The monoisotopic (exact) mass is 368 g/mol. The van der Waals surface area contributed by atoms with Gasteiger partial charge in [0.1, 0.15) is 0 Å². The molecule has 54 valence electrons. The molecule has 0 aliphatic carbocycles. The van der Waals surface area contributed by atoms with E-state index in [1.54, 1.807) is 0 Å². The van der Waals surface area contributed by atoms with Crippen LogP contribution in [0.3, 0.4) is 0 Å². The second kappa shape index (κ2) is 151. The van der Waals surface area contributed by atoms with Crippen LogP contribution in [-0.4, -0.2) is 45.5 Å². The Hall–Kier alpha value is 1.93. The summed E-state index contributed by atoms with van der Waals surface area (Å²) in [6.07, 6.45) is 0. The Labute approximate surface area is 98.0 Å². The smallest absolute Gasteiger partial charge is 2.00 e. The molecule has 0 heterocycles. The number of rotatable bonds is 0. The van der Waals surface area contributed by atoms with Gasteiger partial charge in [-0.05, 0) is 0 Å². The van der Waals surface area contributed by atoms with E-state index in [4.69, 9.17) is 0 Å². The zero-order chi connectivity index (χ0) is 0. The average Bonchev–Trinajstić information content (AvgIpc) is 0. The molecule has 6 nitrogen and oxygen atoms in total. The van der Waals surface area contributed by atoms with Crippen LogP contribution in [-0.2, 0) is 53.9 Å². The first kappa shape index (κ1) is 213. The van der Waals surface area contributed by atoms with Gasteiger partial charge in [-0.3, -0.25) is 0 Å². The Morgan fingerprint density at radius 1 is 0.375 bits per heavy atom. The van der Waals surface area contributed by atoms with E-state index in [0.717, 1.165) is 0 Å². The van der Waals surface area contributed by atoms with Crippen molar-refractivity contribution in [3.8, 4) is 0 Å². The molecule has 0 aromatic rings. The topological polar surface area (TPSA) is 171 Å². The summed E-state index contributed by atoms with van der Waals surface area (Å²) >= 11 is 0. The summed E-state index contributed by atoms with van der Waals surface area (Å²) < 4.78 is 0. The van der Waals surface area contributed by atoms with Crippen molar-refractivity contribution in [1.82, 2.24) is 0 Å². The summed E-state index contributed by atoms with van der Waals surface area (Å²) in [7, 11) is 0. The van der Waals surface area contributed by atoms with Crippen LogP contribution in [0, 0.1) is 0 Å². The van der Waals surface area contributed by atoms with Gasteiger partial charge in [0, 0.05) is 21.1 Å². The molecule has 0 aliphatic rings. The Balaban J connectivity index is 0. The van der Waals surface area contributed by atoms with Crippen molar-refractivity contribution in [2.75, 3.05) is 0 Å². The predicted molar refractivity (Wildman–Crippen MR) is 9.87 cm³/mol. The van der Waals surface area contributed by atoms with Crippen molar-refractivity contribution in [2.45, 2.75) is 0 Å². The van der Waals surface area contributed by atoms with Gasteiger partial charge in [0.25, 0.3) is 0 Å². The summed E-state index contributed by atoms with van der Waals surface area (Å²) in [4.78, 5) is 0. The van der Waals surface area contributed by atoms with Crippen LogP contribution in [0.4, 0.5) is 0 Å². The van der Waals surface area contributed by atoms with Crippen molar-refractivity contribution in [3.63, 3.8) is 0 Å². The molecule has 8 heavy (non-hydrogen) atoms. The van der Waals surface area contributed by atoms with Gasteiger partial charge in [-0.15, -0.1) is 0 Å². The third-order valence-electron chi connectivity index (χ3n) is 0. The van der Waals surface area contributed by atoms with Gasteiger partial charge < -0.3 is 32.9 Å². The van der Waals surface area contributed by atoms with Crippen molar-refractivity contribution < 1.29 is 53.9 Å². The van der Waals surface area contributed by atoms with Gasteiger partial charge in [-0.25, -0.2) is 0 Å². The van der Waals surface area contributed by atoms with Gasteiger partial charge >= 0.3 is 45.5 Å². The van der Waals surface area contributed by atoms with E-state index in [2.05, 4.69) is 0 Å². The summed E-state index contributed by atoms with van der Waals surface area (Å²) in [6.45, 7) is 0. The summed E-state index contributed by atoms with van der Waals surface area (Å²) in [6, 6.07) is 0. The number of hydrogen-bond acceptors (Lipinski definition) is 0. The van der Waals surface area contributed by atoms with Crippen molar-refractivity contribution in [1.29, 1.82) is 0 Å². The van der Waals surface area contributed by atoms with Crippen LogP contribution in [0.25, 0.3) is 0 Å². The van der Waals surface area contributed by atoms with Crippen LogP contribution < -0.4 is 0 Å². The fourth-order valence-corrected chi connectivity index (χ4v) is 0. The zero-order valence-electron chi connectivity index (χ0n) is 3.56. The summed E-state index contributed by atoms with van der Waals surface area (Å²) in [5.41, 5.74) is 0. The average molecular weight is 367 g/mol. The van der Waals surface area contributed by atoms with E-state index in [-0.39, 0.29) is 99.4 Å². The third-order valence-corrected chi connectivity index (χ3v) is 0. The maximum absolute atomic E-state index is 0. The SMILES string of the molecule is [O-2].[O-2].[O-2].[O-2].[O-2].[O-2].[Sr+2].[W]. The first-order valence-electron chi connectivity index (χ1n) is 0. The minimum absolute atomic E-state index is 0. The fourth-order valence-electron chi connectivity index (χ4n) is 0. The van der Waals surface area contributed by atoms with Crippen LogP contribution in [0.1, 0.15) is 0 Å². The van der Waals surface area contributed by atoms with E-state index in [1.807, 2.05) is 0 Å². The molecule has 0 fully saturated rings. The molecule has 0 aromatic heterocycles. The number of hydrogen-bond donors (Lipinski definition) is 0. The third kappa shape index (κ3) is 102. The van der Waals surface area contributed by atoms with Crippen LogP contribution in [0.15, 0.2) is 0 Å². The van der Waals surface area contributed by atoms with Crippen molar-refractivity contribution in [2.24, 2.45) is 0 Å². The maximum Gasteiger partial charge on any atom is 2.00 e. The molecule has 0 amide bonds. The van der Waals surface area contributed by atoms with Gasteiger partial charge in [0.05, 0.1) is 0 Å². The molecular formula is O6SrW-10. The van der Waals surface area contributed by atoms with E-state index in [1.165, 1.54) is 0 Å². The molecule has 0 atom stereocenters. The first-order valence-corrected chi connectivity index (χ1v) is 0. The molecule has 0 rings (SSSR count). The van der Waals surface area contributed by atoms with Gasteiger partial charge in [-0.1, -0.05) is 0 Å². The first-order chi connectivity index (χ1) is 0. The minimum Gasteiger partial charge on any atom is -2.00 e. The van der Waals surface area contributed by atoms with Crippen LogP contribution in [0.5, 0.6) is 0 Å². The quantitative estimate of drug-likeness (QED) is 0.474. The molecule has 0 bridgehead atoms. The molecule has 0 saturated carbocycles. The molecule has 8 heteroatoms. The van der Waals surface area contributed by atoms with E-state index < -0.39 is 0 Å². The summed E-state index contributed by atoms with van der Waals surface area (Å²) in [5, 5.41) is 0. The normalized spacial score (nSPS) is 0. The van der Waals surface area contributed by atoms with Gasteiger partial charge in [0.2, 0.25) is 0 Å². The Bertz CT molecular complexity index is 8.49. The Kier molecular flexibility index (Phi) is 4010. The summed E-state index contributed by atoms with van der Waals surface area (Å²) in [5.74, 6) is 0. The largest absolute Gasteiger partial charge is 2.00 e. The van der Waals surface area contributed by atoms with Crippen molar-refractivity contribution >= 4 is 45.5 Å². The Morgan fingerprint density at radius 2 is 0.375 bits per heavy atom.